The number of nitrogens with zero attached hydrogens (tertiary/aromatic N) is 1. The first-order valence-corrected chi connectivity index (χ1v) is 7.76. The summed E-state index contributed by atoms with van der Waals surface area (Å²) >= 11 is 0. The van der Waals surface area contributed by atoms with Gasteiger partial charge in [-0.3, -0.25) is 9.69 Å². The number of amides is 1. The molecule has 0 aliphatic rings. The first-order chi connectivity index (χ1) is 11.3. The molecule has 0 unspecified atom stereocenters. The normalized spacial score (nSPS) is 11.5. The minimum Gasteiger partial charge on any atom is -0.489 e. The van der Waals surface area contributed by atoms with Gasteiger partial charge >= 0.3 is 0 Å². The van der Waals surface area contributed by atoms with E-state index in [-0.39, 0.29) is 11.7 Å². The van der Waals surface area contributed by atoms with E-state index >= 15 is 0 Å². The molecule has 0 fully saturated rings. The first-order valence-electron chi connectivity index (χ1n) is 7.76. The molecule has 0 saturated carbocycles. The third-order valence-corrected chi connectivity index (χ3v) is 4.19. The second kappa shape index (κ2) is 7.45. The van der Waals surface area contributed by atoms with Gasteiger partial charge in [0.15, 0.2) is 0 Å². The summed E-state index contributed by atoms with van der Waals surface area (Å²) in [4.78, 5) is 13.4. The molecule has 0 aliphatic heterocycles. The summed E-state index contributed by atoms with van der Waals surface area (Å²) in [6, 6.07) is 13.9. The van der Waals surface area contributed by atoms with E-state index in [1.54, 1.807) is 19.9 Å². The van der Waals surface area contributed by atoms with Gasteiger partial charge in [-0.15, -0.1) is 0 Å². The van der Waals surface area contributed by atoms with E-state index in [0.29, 0.717) is 18.9 Å². The molecule has 0 spiro atoms. The van der Waals surface area contributed by atoms with Crippen LogP contribution < -0.4 is 10.5 Å². The maximum absolute atomic E-state index is 13.1. The van der Waals surface area contributed by atoms with Crippen molar-refractivity contribution >= 4 is 5.91 Å². The van der Waals surface area contributed by atoms with E-state index in [4.69, 9.17) is 10.5 Å². The molecule has 2 rings (SSSR count). The van der Waals surface area contributed by atoms with Gasteiger partial charge in [0.25, 0.3) is 0 Å². The van der Waals surface area contributed by atoms with Gasteiger partial charge in [-0.2, -0.15) is 0 Å². The largest absolute Gasteiger partial charge is 0.489 e. The van der Waals surface area contributed by atoms with Crippen LogP contribution in [0.5, 0.6) is 5.75 Å². The zero-order valence-electron chi connectivity index (χ0n) is 14.3. The van der Waals surface area contributed by atoms with Crippen LogP contribution in [-0.2, 0) is 17.9 Å². The molecular formula is C19H23FN2O2. The predicted molar refractivity (Wildman–Crippen MR) is 91.9 cm³/mol. The lowest BCUT2D eigenvalue weighted by Crippen LogP contribution is -2.51. The van der Waals surface area contributed by atoms with Crippen LogP contribution in [0.3, 0.4) is 0 Å². The van der Waals surface area contributed by atoms with Crippen molar-refractivity contribution in [2.45, 2.75) is 32.5 Å². The number of ether oxygens (including phenoxy) is 1. The molecule has 0 bridgehead atoms. The Morgan fingerprint density at radius 2 is 1.83 bits per heavy atom. The maximum atomic E-state index is 13.1. The lowest BCUT2D eigenvalue weighted by molar-refractivity contribution is -0.127. The molecule has 5 heteroatoms. The minimum atomic E-state index is -0.716. The summed E-state index contributed by atoms with van der Waals surface area (Å²) in [6.45, 7) is 4.50. The van der Waals surface area contributed by atoms with Crippen LogP contribution in [0, 0.1) is 5.82 Å². The molecule has 0 aromatic heterocycles. The maximum Gasteiger partial charge on any atom is 0.237 e. The van der Waals surface area contributed by atoms with Gasteiger partial charge in [-0.25, -0.2) is 4.39 Å². The summed E-state index contributed by atoms with van der Waals surface area (Å²) in [5, 5.41) is 0. The predicted octanol–water partition coefficient (Wildman–Crippen LogP) is 3.10. The van der Waals surface area contributed by atoms with E-state index in [0.717, 1.165) is 11.1 Å². The fourth-order valence-electron chi connectivity index (χ4n) is 2.14. The summed E-state index contributed by atoms with van der Waals surface area (Å²) in [7, 11) is 1.86. The number of rotatable bonds is 7. The lowest BCUT2D eigenvalue weighted by Gasteiger charge is -2.32. The highest BCUT2D eigenvalue weighted by Crippen LogP contribution is 2.19. The van der Waals surface area contributed by atoms with Crippen LogP contribution in [0.4, 0.5) is 4.39 Å². The van der Waals surface area contributed by atoms with Crippen molar-refractivity contribution < 1.29 is 13.9 Å². The summed E-state index contributed by atoms with van der Waals surface area (Å²) in [6.07, 6.45) is 0. The van der Waals surface area contributed by atoms with Gasteiger partial charge in [-0.1, -0.05) is 24.3 Å². The van der Waals surface area contributed by atoms with Crippen LogP contribution >= 0.6 is 0 Å². The Hall–Kier alpha value is -2.40. The van der Waals surface area contributed by atoms with Gasteiger partial charge in [0.1, 0.15) is 18.2 Å². The Balaban J connectivity index is 1.94. The number of nitrogens with two attached hydrogens (primary N) is 1. The zero-order valence-corrected chi connectivity index (χ0v) is 14.3. The Labute approximate surface area is 142 Å². The van der Waals surface area contributed by atoms with Gasteiger partial charge < -0.3 is 10.5 Å². The van der Waals surface area contributed by atoms with Crippen molar-refractivity contribution in [2.75, 3.05) is 7.05 Å². The van der Waals surface area contributed by atoms with Crippen LogP contribution in [0.2, 0.25) is 0 Å². The van der Waals surface area contributed by atoms with Crippen LogP contribution in [0.1, 0.15) is 25.0 Å². The Morgan fingerprint density at radius 3 is 2.42 bits per heavy atom. The van der Waals surface area contributed by atoms with Crippen molar-refractivity contribution in [1.29, 1.82) is 0 Å². The Bertz CT molecular complexity index is 699. The smallest absolute Gasteiger partial charge is 0.237 e. The topological polar surface area (TPSA) is 55.6 Å². The SMILES string of the molecule is CN(Cc1ccc(OCc2cccc(F)c2)cc1)C(C)(C)C(N)=O. The average Bonchev–Trinajstić information content (AvgIpc) is 2.54. The van der Waals surface area contributed by atoms with Crippen LogP contribution in [0.15, 0.2) is 48.5 Å². The van der Waals surface area contributed by atoms with E-state index in [9.17, 15) is 9.18 Å². The van der Waals surface area contributed by atoms with Gasteiger partial charge in [-0.05, 0) is 56.3 Å². The number of carbonyl (C=O) groups excluding carboxylic acids is 1. The van der Waals surface area contributed by atoms with Gasteiger partial charge in [0, 0.05) is 6.54 Å². The van der Waals surface area contributed by atoms with Gasteiger partial charge in [0.2, 0.25) is 5.91 Å². The van der Waals surface area contributed by atoms with Crippen molar-refractivity contribution in [2.24, 2.45) is 5.73 Å². The number of primary amides is 1. The first kappa shape index (κ1) is 17.9. The molecule has 0 radical (unpaired) electrons. The molecule has 0 heterocycles. The highest BCUT2D eigenvalue weighted by atomic mass is 19.1. The highest BCUT2D eigenvalue weighted by molar-refractivity contribution is 5.83. The summed E-state index contributed by atoms with van der Waals surface area (Å²) in [5.41, 5.74) is 6.54. The Kier molecular flexibility index (Phi) is 5.57. The number of hydrogen-bond donors (Lipinski definition) is 1. The number of carbonyl (C=O) groups is 1. The van der Waals surface area contributed by atoms with Crippen molar-refractivity contribution in [1.82, 2.24) is 4.90 Å². The molecule has 2 N–H and O–H groups in total. The lowest BCUT2D eigenvalue weighted by atomic mass is 10.0. The van der Waals surface area contributed by atoms with Crippen molar-refractivity contribution in [3.63, 3.8) is 0 Å². The molecular weight excluding hydrogens is 307 g/mol. The van der Waals surface area contributed by atoms with E-state index in [1.807, 2.05) is 42.3 Å². The number of likely N-dealkylation sites (N-methyl/N-ethyl adjacent to an activating group) is 1. The van der Waals surface area contributed by atoms with Crippen LogP contribution in [0.25, 0.3) is 0 Å². The van der Waals surface area contributed by atoms with E-state index < -0.39 is 5.54 Å². The molecule has 4 nitrogen and oxygen atoms in total. The van der Waals surface area contributed by atoms with E-state index in [2.05, 4.69) is 0 Å². The molecule has 2 aromatic carbocycles. The monoisotopic (exact) mass is 330 g/mol. The van der Waals surface area contributed by atoms with Crippen molar-refractivity contribution in [3.05, 3.63) is 65.5 Å². The second-order valence-corrected chi connectivity index (χ2v) is 6.34. The summed E-state index contributed by atoms with van der Waals surface area (Å²) in [5.74, 6) is 0.0754. The van der Waals surface area contributed by atoms with E-state index in [1.165, 1.54) is 12.1 Å². The minimum absolute atomic E-state index is 0.272. The Morgan fingerprint density at radius 1 is 1.17 bits per heavy atom. The average molecular weight is 330 g/mol. The third-order valence-electron chi connectivity index (χ3n) is 4.19. The molecule has 0 saturated heterocycles. The molecule has 2 aromatic rings. The fraction of sp³-hybridized carbons (Fsp3) is 0.316. The third kappa shape index (κ3) is 4.55. The summed E-state index contributed by atoms with van der Waals surface area (Å²) < 4.78 is 18.8. The fourth-order valence-corrected chi connectivity index (χ4v) is 2.14. The number of hydrogen-bond acceptors (Lipinski definition) is 3. The quantitative estimate of drug-likeness (QED) is 0.849. The molecule has 128 valence electrons. The second-order valence-electron chi connectivity index (χ2n) is 6.34. The van der Waals surface area contributed by atoms with Crippen LogP contribution in [-0.4, -0.2) is 23.4 Å². The standard InChI is InChI=1S/C19H23FN2O2/c1-19(2,18(21)23)22(3)12-14-7-9-17(10-8-14)24-13-15-5-4-6-16(20)11-15/h4-11H,12-13H2,1-3H3,(H2,21,23). The van der Waals surface area contributed by atoms with Gasteiger partial charge in [0.05, 0.1) is 5.54 Å². The molecule has 24 heavy (non-hydrogen) atoms. The molecule has 0 atom stereocenters. The molecule has 0 aliphatic carbocycles. The number of benzene rings is 2. The zero-order chi connectivity index (χ0) is 17.7. The van der Waals surface area contributed by atoms with Crippen molar-refractivity contribution in [3.8, 4) is 5.75 Å². The number of halogens is 1. The molecule has 1 amide bonds. The highest BCUT2D eigenvalue weighted by Gasteiger charge is 2.29.